The van der Waals surface area contributed by atoms with Gasteiger partial charge >= 0.3 is 0 Å². The van der Waals surface area contributed by atoms with E-state index in [4.69, 9.17) is 21.1 Å². The Morgan fingerprint density at radius 1 is 1.06 bits per heavy atom. The molecule has 0 unspecified atom stereocenters. The molecular weight excluding hydrogens is 416 g/mol. The molecule has 1 saturated carbocycles. The fourth-order valence-electron chi connectivity index (χ4n) is 4.23. The average Bonchev–Trinajstić information content (AvgIpc) is 3.52. The van der Waals surface area contributed by atoms with Crippen LogP contribution < -0.4 is 14.8 Å². The third-order valence-corrected chi connectivity index (χ3v) is 6.38. The van der Waals surface area contributed by atoms with Gasteiger partial charge in [-0.2, -0.15) is 0 Å². The molecule has 0 spiro atoms. The molecule has 0 aromatic heterocycles. The minimum Gasteiger partial charge on any atom is -0.493 e. The number of hydrogen-bond acceptors (Lipinski definition) is 4. The zero-order valence-corrected chi connectivity index (χ0v) is 18.5. The summed E-state index contributed by atoms with van der Waals surface area (Å²) in [5, 5.41) is 3.67. The summed E-state index contributed by atoms with van der Waals surface area (Å²) >= 11 is 5.97. The maximum absolute atomic E-state index is 13.2. The molecule has 164 valence electrons. The highest BCUT2D eigenvalue weighted by Gasteiger charge is 2.42. The fraction of sp³-hybridized carbons (Fsp3) is 0.417. The molecule has 2 amide bonds. The summed E-state index contributed by atoms with van der Waals surface area (Å²) in [6.45, 7) is 1.47. The number of carbonyl (C=O) groups is 2. The minimum atomic E-state index is -0.365. The molecule has 1 aliphatic carbocycles. The molecule has 1 saturated heterocycles. The van der Waals surface area contributed by atoms with Crippen LogP contribution in [0.2, 0.25) is 5.02 Å². The van der Waals surface area contributed by atoms with Crippen molar-refractivity contribution in [2.75, 3.05) is 33.9 Å². The van der Waals surface area contributed by atoms with Gasteiger partial charge in [-0.05, 0) is 49.1 Å². The third-order valence-electron chi connectivity index (χ3n) is 6.13. The van der Waals surface area contributed by atoms with Gasteiger partial charge in [-0.15, -0.1) is 0 Å². The molecule has 7 heteroatoms. The number of benzene rings is 2. The lowest BCUT2D eigenvalue weighted by Gasteiger charge is -2.21. The predicted octanol–water partition coefficient (Wildman–Crippen LogP) is 3.74. The first-order valence-electron chi connectivity index (χ1n) is 10.5. The van der Waals surface area contributed by atoms with Crippen molar-refractivity contribution in [3.63, 3.8) is 0 Å². The zero-order valence-electron chi connectivity index (χ0n) is 17.8. The summed E-state index contributed by atoms with van der Waals surface area (Å²) in [4.78, 5) is 28.0. The van der Waals surface area contributed by atoms with Crippen molar-refractivity contribution < 1.29 is 19.1 Å². The van der Waals surface area contributed by atoms with Crippen LogP contribution in [0.4, 0.5) is 0 Å². The smallest absolute Gasteiger partial charge is 0.253 e. The molecule has 1 heterocycles. The van der Waals surface area contributed by atoms with Gasteiger partial charge in [0.05, 0.1) is 20.1 Å². The number of likely N-dealkylation sites (tertiary alicyclic amines) is 1. The van der Waals surface area contributed by atoms with Gasteiger partial charge in [-0.3, -0.25) is 9.59 Å². The molecule has 4 rings (SSSR count). The van der Waals surface area contributed by atoms with E-state index in [1.807, 2.05) is 18.2 Å². The Morgan fingerprint density at radius 3 is 2.45 bits per heavy atom. The van der Waals surface area contributed by atoms with E-state index in [1.54, 1.807) is 43.4 Å². The number of hydrogen-bond donors (Lipinski definition) is 1. The number of ether oxygens (including phenoxy) is 2. The van der Waals surface area contributed by atoms with Crippen molar-refractivity contribution in [3.05, 3.63) is 58.6 Å². The number of methoxy groups -OCH3 is 2. The summed E-state index contributed by atoms with van der Waals surface area (Å²) in [6.07, 6.45) is 2.33. The lowest BCUT2D eigenvalue weighted by Crippen LogP contribution is -2.36. The van der Waals surface area contributed by atoms with E-state index in [-0.39, 0.29) is 23.7 Å². The van der Waals surface area contributed by atoms with Crippen LogP contribution in [0.3, 0.4) is 0 Å². The van der Waals surface area contributed by atoms with E-state index in [0.29, 0.717) is 47.6 Å². The van der Waals surface area contributed by atoms with Gasteiger partial charge in [-0.25, -0.2) is 0 Å². The molecule has 1 N–H and O–H groups in total. The highest BCUT2D eigenvalue weighted by Crippen LogP contribution is 2.42. The normalized spacial score (nSPS) is 20.4. The summed E-state index contributed by atoms with van der Waals surface area (Å²) in [5.41, 5.74) is 1.43. The highest BCUT2D eigenvalue weighted by atomic mass is 35.5. The first-order chi connectivity index (χ1) is 15.0. The summed E-state index contributed by atoms with van der Waals surface area (Å²) in [7, 11) is 3.18. The molecule has 2 aromatic rings. The first kappa shape index (κ1) is 21.5. The Morgan fingerprint density at radius 2 is 1.81 bits per heavy atom. The Bertz CT molecular complexity index is 959. The van der Waals surface area contributed by atoms with Gasteiger partial charge in [0.1, 0.15) is 0 Å². The maximum Gasteiger partial charge on any atom is 0.253 e. The molecule has 0 radical (unpaired) electrons. The quantitative estimate of drug-likeness (QED) is 0.709. The van der Waals surface area contributed by atoms with E-state index >= 15 is 0 Å². The van der Waals surface area contributed by atoms with Crippen LogP contribution >= 0.6 is 11.6 Å². The SMILES string of the molecule is COc1cccc([C@H]2CN(C(=O)c3ccc(Cl)cc3)C[C@@H]2C(=O)NCC2CC2)c1OC. The van der Waals surface area contributed by atoms with E-state index in [1.165, 1.54) is 12.8 Å². The van der Waals surface area contributed by atoms with Crippen molar-refractivity contribution in [3.8, 4) is 11.5 Å². The second-order valence-electron chi connectivity index (χ2n) is 8.20. The van der Waals surface area contributed by atoms with Gasteiger partial charge in [0.2, 0.25) is 5.91 Å². The Labute approximate surface area is 187 Å². The monoisotopic (exact) mass is 442 g/mol. The van der Waals surface area contributed by atoms with Crippen molar-refractivity contribution in [1.82, 2.24) is 10.2 Å². The average molecular weight is 443 g/mol. The number of nitrogens with zero attached hydrogens (tertiary/aromatic N) is 1. The van der Waals surface area contributed by atoms with Gasteiger partial charge in [0.15, 0.2) is 11.5 Å². The van der Waals surface area contributed by atoms with Gasteiger partial charge in [0, 0.05) is 41.7 Å². The number of para-hydroxylation sites is 1. The van der Waals surface area contributed by atoms with E-state index in [9.17, 15) is 9.59 Å². The molecule has 2 aliphatic rings. The summed E-state index contributed by atoms with van der Waals surface area (Å²) < 4.78 is 11.1. The maximum atomic E-state index is 13.2. The predicted molar refractivity (Wildman–Crippen MR) is 119 cm³/mol. The minimum absolute atomic E-state index is 0.0202. The number of rotatable bonds is 7. The zero-order chi connectivity index (χ0) is 22.0. The van der Waals surface area contributed by atoms with E-state index < -0.39 is 0 Å². The van der Waals surface area contributed by atoms with Crippen LogP contribution in [0.5, 0.6) is 11.5 Å². The number of halogens is 1. The molecule has 2 aromatic carbocycles. The third kappa shape index (κ3) is 4.64. The van der Waals surface area contributed by atoms with Crippen molar-refractivity contribution >= 4 is 23.4 Å². The molecule has 31 heavy (non-hydrogen) atoms. The Hall–Kier alpha value is -2.73. The number of amides is 2. The van der Waals surface area contributed by atoms with Crippen LogP contribution in [-0.2, 0) is 4.79 Å². The van der Waals surface area contributed by atoms with Crippen LogP contribution in [0.15, 0.2) is 42.5 Å². The molecule has 1 aliphatic heterocycles. The number of nitrogens with one attached hydrogen (secondary N) is 1. The van der Waals surface area contributed by atoms with Gasteiger partial charge in [0.25, 0.3) is 5.91 Å². The van der Waals surface area contributed by atoms with Gasteiger partial charge in [-0.1, -0.05) is 23.7 Å². The lowest BCUT2D eigenvalue weighted by atomic mass is 9.87. The van der Waals surface area contributed by atoms with Crippen LogP contribution in [-0.4, -0.2) is 50.6 Å². The Kier molecular flexibility index (Phi) is 6.37. The second kappa shape index (κ2) is 9.18. The lowest BCUT2D eigenvalue weighted by molar-refractivity contribution is -0.125. The highest BCUT2D eigenvalue weighted by molar-refractivity contribution is 6.30. The van der Waals surface area contributed by atoms with Crippen LogP contribution in [0.1, 0.15) is 34.7 Å². The standard InChI is InChI=1S/C24H27ClN2O4/c1-30-21-5-3-4-18(22(21)31-2)19-13-27(24(29)16-8-10-17(25)11-9-16)14-20(19)23(28)26-12-15-6-7-15/h3-5,8-11,15,19-20H,6-7,12-14H2,1-2H3,(H,26,28)/t19-,20+/m1/s1. The topological polar surface area (TPSA) is 67.9 Å². The number of carbonyl (C=O) groups excluding carboxylic acids is 2. The molecule has 0 bridgehead atoms. The van der Waals surface area contributed by atoms with Gasteiger partial charge < -0.3 is 19.7 Å². The first-order valence-corrected chi connectivity index (χ1v) is 10.9. The van der Waals surface area contributed by atoms with Crippen LogP contribution in [0, 0.1) is 11.8 Å². The van der Waals surface area contributed by atoms with E-state index in [2.05, 4.69) is 5.32 Å². The van der Waals surface area contributed by atoms with Crippen molar-refractivity contribution in [2.45, 2.75) is 18.8 Å². The largest absolute Gasteiger partial charge is 0.493 e. The molecule has 2 fully saturated rings. The molecule has 2 atom stereocenters. The molecular formula is C24H27ClN2O4. The second-order valence-corrected chi connectivity index (χ2v) is 8.64. The van der Waals surface area contributed by atoms with Crippen LogP contribution in [0.25, 0.3) is 0 Å². The van der Waals surface area contributed by atoms with E-state index in [0.717, 1.165) is 5.56 Å². The van der Waals surface area contributed by atoms with Crippen molar-refractivity contribution in [2.24, 2.45) is 11.8 Å². The molecule has 6 nitrogen and oxygen atoms in total. The Balaban J connectivity index is 1.62. The fourth-order valence-corrected chi connectivity index (χ4v) is 4.35. The summed E-state index contributed by atoms with van der Waals surface area (Å²) in [5.74, 6) is 1.11. The summed E-state index contributed by atoms with van der Waals surface area (Å²) in [6, 6.07) is 12.5. The van der Waals surface area contributed by atoms with Crippen molar-refractivity contribution in [1.29, 1.82) is 0 Å².